The zero-order valence-corrected chi connectivity index (χ0v) is 10.1. The molecule has 0 amide bonds. The lowest BCUT2D eigenvalue weighted by Crippen LogP contribution is -2.43. The Morgan fingerprint density at radius 3 is 2.81 bits per heavy atom. The molecular formula is C13H20N2O. The molecule has 0 aromatic carbocycles. The van der Waals surface area contributed by atoms with Gasteiger partial charge in [0, 0.05) is 18.5 Å². The van der Waals surface area contributed by atoms with Crippen LogP contribution in [0.3, 0.4) is 0 Å². The molecule has 0 spiro atoms. The van der Waals surface area contributed by atoms with Crippen molar-refractivity contribution < 1.29 is 4.74 Å². The van der Waals surface area contributed by atoms with Crippen LogP contribution in [0.1, 0.15) is 43.5 Å². The summed E-state index contributed by atoms with van der Waals surface area (Å²) in [4.78, 5) is 4.29. The second kappa shape index (κ2) is 4.52. The number of hydrogen-bond acceptors (Lipinski definition) is 3. The molecule has 88 valence electrons. The van der Waals surface area contributed by atoms with Crippen LogP contribution in [0.4, 0.5) is 0 Å². The third-order valence-electron chi connectivity index (χ3n) is 3.45. The Morgan fingerprint density at radius 1 is 1.44 bits per heavy atom. The molecule has 1 aliphatic heterocycles. The first-order chi connectivity index (χ1) is 7.62. The van der Waals surface area contributed by atoms with Crippen LogP contribution in [0.2, 0.25) is 0 Å². The Kier molecular flexibility index (Phi) is 3.26. The van der Waals surface area contributed by atoms with E-state index in [1.165, 1.54) is 6.42 Å². The van der Waals surface area contributed by atoms with Gasteiger partial charge in [-0.05, 0) is 44.7 Å². The minimum atomic E-state index is -0.227. The highest BCUT2D eigenvalue weighted by molar-refractivity contribution is 5.20. The first kappa shape index (κ1) is 11.6. The lowest BCUT2D eigenvalue weighted by atomic mass is 9.85. The number of rotatable bonds is 2. The average molecular weight is 220 g/mol. The van der Waals surface area contributed by atoms with Crippen LogP contribution in [-0.2, 0) is 4.74 Å². The number of ether oxygens (including phenoxy) is 1. The molecule has 1 aromatic rings. The lowest BCUT2D eigenvalue weighted by molar-refractivity contribution is -0.0821. The van der Waals surface area contributed by atoms with Gasteiger partial charge in [-0.3, -0.25) is 4.98 Å². The first-order valence-electron chi connectivity index (χ1n) is 5.94. The predicted octanol–water partition coefficient (Wildman–Crippen LogP) is 2.35. The Hall–Kier alpha value is -0.930. The molecule has 0 bridgehead atoms. The van der Waals surface area contributed by atoms with Crippen LogP contribution in [-0.4, -0.2) is 17.2 Å². The van der Waals surface area contributed by atoms with Crippen molar-refractivity contribution in [2.75, 3.05) is 6.61 Å². The second-order valence-corrected chi connectivity index (χ2v) is 4.83. The van der Waals surface area contributed by atoms with E-state index in [4.69, 9.17) is 10.5 Å². The summed E-state index contributed by atoms with van der Waals surface area (Å²) in [5.74, 6) is 0. The van der Waals surface area contributed by atoms with Gasteiger partial charge in [0.25, 0.3) is 0 Å². The van der Waals surface area contributed by atoms with E-state index in [-0.39, 0.29) is 11.6 Å². The van der Waals surface area contributed by atoms with Crippen molar-refractivity contribution in [1.29, 1.82) is 0 Å². The molecule has 1 saturated heterocycles. The van der Waals surface area contributed by atoms with Crippen molar-refractivity contribution in [3.05, 3.63) is 29.6 Å². The molecule has 16 heavy (non-hydrogen) atoms. The summed E-state index contributed by atoms with van der Waals surface area (Å²) < 4.78 is 5.86. The molecule has 1 fully saturated rings. The van der Waals surface area contributed by atoms with Gasteiger partial charge in [0.1, 0.15) is 0 Å². The van der Waals surface area contributed by atoms with Gasteiger partial charge >= 0.3 is 0 Å². The van der Waals surface area contributed by atoms with Gasteiger partial charge in [-0.1, -0.05) is 6.07 Å². The SMILES string of the molecule is Cc1ccc(C(N)C2(C)CCCCO2)cn1. The van der Waals surface area contributed by atoms with Crippen LogP contribution in [0, 0.1) is 6.92 Å². The van der Waals surface area contributed by atoms with E-state index in [9.17, 15) is 0 Å². The summed E-state index contributed by atoms with van der Waals surface area (Å²) in [6.45, 7) is 4.91. The van der Waals surface area contributed by atoms with Crippen LogP contribution in [0.5, 0.6) is 0 Å². The molecule has 1 aliphatic rings. The fraction of sp³-hybridized carbons (Fsp3) is 0.615. The van der Waals surface area contributed by atoms with Gasteiger partial charge in [-0.2, -0.15) is 0 Å². The molecule has 0 saturated carbocycles. The number of aryl methyl sites for hydroxylation is 1. The molecule has 2 rings (SSSR count). The Balaban J connectivity index is 2.16. The maximum Gasteiger partial charge on any atom is 0.0846 e. The summed E-state index contributed by atoms with van der Waals surface area (Å²) >= 11 is 0. The Bertz CT molecular complexity index is 341. The van der Waals surface area contributed by atoms with E-state index >= 15 is 0 Å². The maximum absolute atomic E-state index is 6.29. The molecule has 0 radical (unpaired) electrons. The quantitative estimate of drug-likeness (QED) is 0.832. The highest BCUT2D eigenvalue weighted by atomic mass is 16.5. The highest BCUT2D eigenvalue weighted by Gasteiger charge is 2.35. The first-order valence-corrected chi connectivity index (χ1v) is 5.94. The van der Waals surface area contributed by atoms with E-state index in [2.05, 4.69) is 18.0 Å². The Labute approximate surface area is 97.0 Å². The van der Waals surface area contributed by atoms with Crippen LogP contribution < -0.4 is 5.73 Å². The largest absolute Gasteiger partial charge is 0.373 e. The maximum atomic E-state index is 6.29. The van der Waals surface area contributed by atoms with E-state index in [0.717, 1.165) is 30.7 Å². The van der Waals surface area contributed by atoms with E-state index in [1.54, 1.807) is 0 Å². The lowest BCUT2D eigenvalue weighted by Gasteiger charge is -2.38. The van der Waals surface area contributed by atoms with Gasteiger partial charge < -0.3 is 10.5 Å². The van der Waals surface area contributed by atoms with Crippen molar-refractivity contribution in [2.24, 2.45) is 5.73 Å². The van der Waals surface area contributed by atoms with Crippen molar-refractivity contribution in [2.45, 2.75) is 44.8 Å². The summed E-state index contributed by atoms with van der Waals surface area (Å²) in [5.41, 5.74) is 8.15. The van der Waals surface area contributed by atoms with E-state index in [0.29, 0.717) is 0 Å². The standard InChI is InChI=1S/C13H20N2O/c1-10-5-6-11(9-15-10)12(14)13(2)7-3-4-8-16-13/h5-6,9,12H,3-4,7-8,14H2,1-2H3. The number of hydrogen-bond donors (Lipinski definition) is 1. The average Bonchev–Trinajstić information content (AvgIpc) is 2.30. The van der Waals surface area contributed by atoms with Gasteiger partial charge in [-0.25, -0.2) is 0 Å². The molecule has 2 heterocycles. The van der Waals surface area contributed by atoms with Crippen molar-refractivity contribution in [3.8, 4) is 0 Å². The molecule has 3 heteroatoms. The smallest absolute Gasteiger partial charge is 0.0846 e. The summed E-state index contributed by atoms with van der Waals surface area (Å²) in [5, 5.41) is 0. The molecule has 1 aromatic heterocycles. The fourth-order valence-corrected chi connectivity index (χ4v) is 2.22. The van der Waals surface area contributed by atoms with Crippen molar-refractivity contribution in [1.82, 2.24) is 4.98 Å². The number of aromatic nitrogens is 1. The predicted molar refractivity (Wildman–Crippen MR) is 64.1 cm³/mol. The van der Waals surface area contributed by atoms with Crippen molar-refractivity contribution >= 4 is 0 Å². The minimum Gasteiger partial charge on any atom is -0.373 e. The van der Waals surface area contributed by atoms with Crippen molar-refractivity contribution in [3.63, 3.8) is 0 Å². The monoisotopic (exact) mass is 220 g/mol. The topological polar surface area (TPSA) is 48.1 Å². The third-order valence-corrected chi connectivity index (χ3v) is 3.45. The number of nitrogens with zero attached hydrogens (tertiary/aromatic N) is 1. The summed E-state index contributed by atoms with van der Waals surface area (Å²) in [7, 11) is 0. The van der Waals surface area contributed by atoms with E-state index in [1.807, 2.05) is 19.2 Å². The third kappa shape index (κ3) is 2.25. The van der Waals surface area contributed by atoms with Gasteiger partial charge in [-0.15, -0.1) is 0 Å². The van der Waals surface area contributed by atoms with Gasteiger partial charge in [0.05, 0.1) is 11.6 Å². The minimum absolute atomic E-state index is 0.0825. The zero-order chi connectivity index (χ0) is 11.6. The summed E-state index contributed by atoms with van der Waals surface area (Å²) in [6.07, 6.45) is 5.24. The number of nitrogens with two attached hydrogens (primary N) is 1. The Morgan fingerprint density at radius 2 is 2.25 bits per heavy atom. The van der Waals surface area contributed by atoms with Crippen LogP contribution in [0.25, 0.3) is 0 Å². The molecule has 2 atom stereocenters. The second-order valence-electron chi connectivity index (χ2n) is 4.83. The molecule has 2 unspecified atom stereocenters. The van der Waals surface area contributed by atoms with E-state index < -0.39 is 0 Å². The molecule has 0 aliphatic carbocycles. The molecule has 2 N–H and O–H groups in total. The summed E-state index contributed by atoms with van der Waals surface area (Å²) in [6, 6.07) is 3.97. The molecular weight excluding hydrogens is 200 g/mol. The van der Waals surface area contributed by atoms with Crippen LogP contribution in [0.15, 0.2) is 18.3 Å². The van der Waals surface area contributed by atoms with Gasteiger partial charge in [0.2, 0.25) is 0 Å². The van der Waals surface area contributed by atoms with Crippen LogP contribution >= 0.6 is 0 Å². The van der Waals surface area contributed by atoms with Gasteiger partial charge in [0.15, 0.2) is 0 Å². The zero-order valence-electron chi connectivity index (χ0n) is 10.1. The normalized spacial score (nSPS) is 27.7. The fourth-order valence-electron chi connectivity index (χ4n) is 2.22. The number of pyridine rings is 1. The molecule has 3 nitrogen and oxygen atoms in total. The highest BCUT2D eigenvalue weighted by Crippen LogP contribution is 2.34.